The Morgan fingerprint density at radius 2 is 1.81 bits per heavy atom. The van der Waals surface area contributed by atoms with Gasteiger partial charge >= 0.3 is 0 Å². The number of nitro groups is 1. The van der Waals surface area contributed by atoms with Crippen LogP contribution in [-0.2, 0) is 6.42 Å². The van der Waals surface area contributed by atoms with Crippen molar-refractivity contribution in [1.82, 2.24) is 15.5 Å². The van der Waals surface area contributed by atoms with Crippen molar-refractivity contribution in [1.29, 1.82) is 0 Å². The van der Waals surface area contributed by atoms with Gasteiger partial charge in [-0.1, -0.05) is 65.3 Å². The number of nitrogens with zero attached hydrogens (tertiary/aromatic N) is 3. The second-order valence-electron chi connectivity index (χ2n) is 7.35. The third-order valence-corrected chi connectivity index (χ3v) is 4.96. The first-order chi connectivity index (χ1) is 15.5. The van der Waals surface area contributed by atoms with E-state index < -0.39 is 11.0 Å². The molecule has 32 heavy (non-hydrogen) atoms. The molecule has 0 spiro atoms. The van der Waals surface area contributed by atoms with Gasteiger partial charge in [-0.2, -0.15) is 4.98 Å². The van der Waals surface area contributed by atoms with Gasteiger partial charge in [0.15, 0.2) is 0 Å². The first kappa shape index (κ1) is 20.9. The number of rotatable bonds is 7. The lowest BCUT2D eigenvalue weighted by Crippen LogP contribution is -2.30. The van der Waals surface area contributed by atoms with Crippen LogP contribution in [0.15, 0.2) is 83.4 Å². The number of hydrogen-bond acceptors (Lipinski definition) is 6. The third kappa shape index (κ3) is 4.86. The van der Waals surface area contributed by atoms with Gasteiger partial charge in [0.25, 0.3) is 11.6 Å². The number of benzene rings is 3. The summed E-state index contributed by atoms with van der Waals surface area (Å²) in [6.45, 7) is 1.95. The molecule has 0 bridgehead atoms. The van der Waals surface area contributed by atoms with Crippen molar-refractivity contribution < 1.29 is 14.2 Å². The molecule has 8 heteroatoms. The molecular weight excluding hydrogens is 408 g/mol. The van der Waals surface area contributed by atoms with E-state index in [0.717, 1.165) is 11.1 Å². The Balaban J connectivity index is 1.62. The van der Waals surface area contributed by atoms with E-state index in [1.807, 2.05) is 49.4 Å². The predicted octanol–water partition coefficient (Wildman–Crippen LogP) is 4.67. The van der Waals surface area contributed by atoms with Gasteiger partial charge in [-0.15, -0.1) is 0 Å². The van der Waals surface area contributed by atoms with Gasteiger partial charge in [0.2, 0.25) is 11.7 Å². The minimum Gasteiger partial charge on any atom is -0.340 e. The van der Waals surface area contributed by atoms with Crippen LogP contribution in [-0.4, -0.2) is 21.0 Å². The molecule has 1 atom stereocenters. The first-order valence-corrected chi connectivity index (χ1v) is 9.99. The smallest absolute Gasteiger partial charge is 0.270 e. The number of carbonyl (C=O) groups excluding carboxylic acids is 1. The number of nitrogens with one attached hydrogen (secondary N) is 1. The first-order valence-electron chi connectivity index (χ1n) is 9.99. The molecule has 0 aliphatic carbocycles. The fourth-order valence-corrected chi connectivity index (χ4v) is 3.25. The molecular formula is C24H20N4O4. The molecule has 0 unspecified atom stereocenters. The van der Waals surface area contributed by atoms with Gasteiger partial charge in [-0.05, 0) is 24.6 Å². The monoisotopic (exact) mass is 428 g/mol. The quantitative estimate of drug-likeness (QED) is 0.338. The van der Waals surface area contributed by atoms with Crippen LogP contribution in [0, 0.1) is 17.0 Å². The Bertz CT molecular complexity index is 1240. The molecule has 1 aromatic heterocycles. The van der Waals surface area contributed by atoms with Gasteiger partial charge in [-0.25, -0.2) is 0 Å². The zero-order chi connectivity index (χ0) is 22.5. The lowest BCUT2D eigenvalue weighted by molar-refractivity contribution is -0.384. The highest BCUT2D eigenvalue weighted by Crippen LogP contribution is 2.24. The lowest BCUT2D eigenvalue weighted by Gasteiger charge is -2.15. The van der Waals surface area contributed by atoms with E-state index in [1.54, 1.807) is 24.3 Å². The Hall–Kier alpha value is -4.33. The van der Waals surface area contributed by atoms with E-state index in [2.05, 4.69) is 15.5 Å². The molecule has 0 aliphatic heterocycles. The number of aryl methyl sites for hydroxylation is 1. The molecule has 0 aliphatic rings. The maximum Gasteiger partial charge on any atom is 0.270 e. The lowest BCUT2D eigenvalue weighted by atomic mass is 10.0. The summed E-state index contributed by atoms with van der Waals surface area (Å²) in [6, 6.07) is 22.3. The second-order valence-corrected chi connectivity index (χ2v) is 7.35. The Morgan fingerprint density at radius 3 is 2.53 bits per heavy atom. The number of aromatic nitrogens is 2. The van der Waals surface area contributed by atoms with Crippen LogP contribution in [0.3, 0.4) is 0 Å². The summed E-state index contributed by atoms with van der Waals surface area (Å²) in [5, 5.41) is 18.0. The van der Waals surface area contributed by atoms with E-state index in [9.17, 15) is 14.9 Å². The largest absolute Gasteiger partial charge is 0.340 e. The molecule has 1 N–H and O–H groups in total. The van der Waals surface area contributed by atoms with Gasteiger partial charge in [-0.3, -0.25) is 14.9 Å². The highest BCUT2D eigenvalue weighted by molar-refractivity contribution is 5.94. The van der Waals surface area contributed by atoms with E-state index in [4.69, 9.17) is 4.52 Å². The summed E-state index contributed by atoms with van der Waals surface area (Å²) < 4.78 is 5.46. The molecule has 0 fully saturated rings. The predicted molar refractivity (Wildman–Crippen MR) is 118 cm³/mol. The molecule has 1 amide bonds. The van der Waals surface area contributed by atoms with Crippen molar-refractivity contribution in [2.75, 3.05) is 0 Å². The van der Waals surface area contributed by atoms with Crippen LogP contribution in [0.4, 0.5) is 5.69 Å². The number of nitro benzene ring substituents is 1. The van der Waals surface area contributed by atoms with Gasteiger partial charge in [0.05, 0.1) is 4.92 Å². The Morgan fingerprint density at radius 1 is 1.06 bits per heavy atom. The average molecular weight is 428 g/mol. The molecule has 0 saturated carbocycles. The molecule has 4 aromatic rings. The van der Waals surface area contributed by atoms with Crippen molar-refractivity contribution >= 4 is 11.6 Å². The molecule has 1 heterocycles. The normalized spacial score (nSPS) is 11.7. The molecule has 8 nitrogen and oxygen atoms in total. The standard InChI is InChI=1S/C24H20N4O4/c1-16-10-12-18(13-11-16)23(29)25-21(14-17-6-3-2-4-7-17)24-26-22(27-32-24)19-8-5-9-20(15-19)28(30)31/h2-13,15,21H,14H2,1H3,(H,25,29)/t21-/m1/s1. The van der Waals surface area contributed by atoms with Crippen LogP contribution in [0.25, 0.3) is 11.4 Å². The van der Waals surface area contributed by atoms with Gasteiger partial charge in [0, 0.05) is 29.7 Å². The van der Waals surface area contributed by atoms with Gasteiger partial charge in [0.1, 0.15) is 6.04 Å². The molecule has 160 valence electrons. The molecule has 3 aromatic carbocycles. The number of carbonyl (C=O) groups is 1. The van der Waals surface area contributed by atoms with E-state index in [-0.39, 0.29) is 23.3 Å². The average Bonchev–Trinajstić information content (AvgIpc) is 3.30. The summed E-state index contributed by atoms with van der Waals surface area (Å²) in [5.41, 5.74) is 2.95. The number of amides is 1. The van der Waals surface area contributed by atoms with E-state index in [0.29, 0.717) is 17.5 Å². The Kier molecular flexibility index (Phi) is 6.03. The van der Waals surface area contributed by atoms with E-state index >= 15 is 0 Å². The maximum absolute atomic E-state index is 12.9. The second kappa shape index (κ2) is 9.22. The van der Waals surface area contributed by atoms with Crippen LogP contribution in [0.2, 0.25) is 0 Å². The highest BCUT2D eigenvalue weighted by Gasteiger charge is 2.23. The zero-order valence-corrected chi connectivity index (χ0v) is 17.3. The van der Waals surface area contributed by atoms with Crippen LogP contribution >= 0.6 is 0 Å². The van der Waals surface area contributed by atoms with Gasteiger partial charge < -0.3 is 9.84 Å². The van der Waals surface area contributed by atoms with Crippen LogP contribution < -0.4 is 5.32 Å². The maximum atomic E-state index is 12.9. The Labute approximate surface area is 184 Å². The molecule has 0 radical (unpaired) electrons. The SMILES string of the molecule is Cc1ccc(C(=O)N[C@H](Cc2ccccc2)c2nc(-c3cccc([N+](=O)[O-])c3)no2)cc1. The van der Waals surface area contributed by atoms with Crippen molar-refractivity contribution in [2.45, 2.75) is 19.4 Å². The molecule has 0 saturated heterocycles. The van der Waals surface area contributed by atoms with E-state index in [1.165, 1.54) is 12.1 Å². The number of hydrogen-bond donors (Lipinski definition) is 1. The third-order valence-electron chi connectivity index (χ3n) is 4.96. The van der Waals surface area contributed by atoms with Crippen molar-refractivity contribution in [3.8, 4) is 11.4 Å². The van der Waals surface area contributed by atoms with Crippen LogP contribution in [0.1, 0.15) is 33.4 Å². The topological polar surface area (TPSA) is 111 Å². The van der Waals surface area contributed by atoms with Crippen molar-refractivity contribution in [3.05, 3.63) is 112 Å². The summed E-state index contributed by atoms with van der Waals surface area (Å²) in [7, 11) is 0. The minimum absolute atomic E-state index is 0.0673. The fraction of sp³-hybridized carbons (Fsp3) is 0.125. The highest BCUT2D eigenvalue weighted by atomic mass is 16.6. The summed E-state index contributed by atoms with van der Waals surface area (Å²) in [6.07, 6.45) is 0.439. The minimum atomic E-state index is -0.578. The number of non-ortho nitro benzene ring substituents is 1. The summed E-state index contributed by atoms with van der Waals surface area (Å²) in [5.74, 6) is 0.170. The summed E-state index contributed by atoms with van der Waals surface area (Å²) in [4.78, 5) is 27.9. The fourth-order valence-electron chi connectivity index (χ4n) is 3.25. The van der Waals surface area contributed by atoms with Crippen LogP contribution in [0.5, 0.6) is 0 Å². The zero-order valence-electron chi connectivity index (χ0n) is 17.3. The molecule has 4 rings (SSSR count). The van der Waals surface area contributed by atoms with Crippen molar-refractivity contribution in [2.24, 2.45) is 0 Å². The summed E-state index contributed by atoms with van der Waals surface area (Å²) >= 11 is 0. The van der Waals surface area contributed by atoms with Crippen molar-refractivity contribution in [3.63, 3.8) is 0 Å².